The van der Waals surface area contributed by atoms with Gasteiger partial charge in [0.1, 0.15) is 12.1 Å². The van der Waals surface area contributed by atoms with Gasteiger partial charge in [-0.15, -0.1) is 0 Å². The first-order chi connectivity index (χ1) is 17.0. The van der Waals surface area contributed by atoms with Crippen LogP contribution >= 0.6 is 0 Å². The van der Waals surface area contributed by atoms with Gasteiger partial charge in [-0.25, -0.2) is 0 Å². The van der Waals surface area contributed by atoms with Crippen molar-refractivity contribution >= 4 is 17.7 Å². The summed E-state index contributed by atoms with van der Waals surface area (Å²) in [6, 6.07) is 8.60. The lowest BCUT2D eigenvalue weighted by atomic mass is 9.82. The summed E-state index contributed by atoms with van der Waals surface area (Å²) < 4.78 is 0. The van der Waals surface area contributed by atoms with Crippen molar-refractivity contribution in [3.63, 3.8) is 0 Å². The lowest BCUT2D eigenvalue weighted by Gasteiger charge is -2.45. The molecule has 3 amide bonds. The Bertz CT molecular complexity index is 873. The van der Waals surface area contributed by atoms with Gasteiger partial charge in [-0.3, -0.25) is 19.3 Å². The molecular formula is C27H41N5O3. The lowest BCUT2D eigenvalue weighted by Crippen LogP contribution is -2.66. The molecule has 192 valence electrons. The predicted octanol–water partition coefficient (Wildman–Crippen LogP) is 1.65. The number of hydrogen-bond donors (Lipinski definition) is 3. The normalized spacial score (nSPS) is 24.9. The van der Waals surface area contributed by atoms with Crippen LogP contribution in [0.3, 0.4) is 0 Å². The third kappa shape index (κ3) is 6.22. The monoisotopic (exact) mass is 483 g/mol. The van der Waals surface area contributed by atoms with E-state index < -0.39 is 12.1 Å². The van der Waals surface area contributed by atoms with Crippen molar-refractivity contribution in [3.05, 3.63) is 35.9 Å². The van der Waals surface area contributed by atoms with Crippen molar-refractivity contribution in [2.45, 2.75) is 82.6 Å². The second-order valence-electron chi connectivity index (χ2n) is 10.4. The van der Waals surface area contributed by atoms with Gasteiger partial charge in [0.2, 0.25) is 17.7 Å². The number of amides is 3. The third-order valence-electron chi connectivity index (χ3n) is 8.10. The molecule has 35 heavy (non-hydrogen) atoms. The molecule has 1 saturated carbocycles. The summed E-state index contributed by atoms with van der Waals surface area (Å²) >= 11 is 0. The molecule has 3 N–H and O–H groups in total. The Balaban J connectivity index is 1.53. The number of nitrogens with one attached hydrogen (secondary N) is 3. The minimum absolute atomic E-state index is 0.0973. The van der Waals surface area contributed by atoms with Crippen molar-refractivity contribution in [3.8, 4) is 0 Å². The summed E-state index contributed by atoms with van der Waals surface area (Å²) in [6.07, 6.45) is 7.31. The zero-order chi connectivity index (χ0) is 24.8. The van der Waals surface area contributed by atoms with Crippen molar-refractivity contribution in [1.29, 1.82) is 0 Å². The molecule has 2 aliphatic heterocycles. The van der Waals surface area contributed by atoms with Gasteiger partial charge in [-0.05, 0) is 57.7 Å². The minimum atomic E-state index is -0.587. The molecule has 8 nitrogen and oxygen atoms in total. The number of hydrogen-bond acceptors (Lipinski definition) is 5. The van der Waals surface area contributed by atoms with Crippen LogP contribution in [0.5, 0.6) is 0 Å². The van der Waals surface area contributed by atoms with Gasteiger partial charge in [0.25, 0.3) is 0 Å². The lowest BCUT2D eigenvalue weighted by molar-refractivity contribution is -0.149. The average molecular weight is 484 g/mol. The molecule has 2 heterocycles. The Morgan fingerprint density at radius 3 is 2.46 bits per heavy atom. The Labute approximate surface area is 209 Å². The van der Waals surface area contributed by atoms with E-state index in [-0.39, 0.29) is 35.7 Å². The maximum absolute atomic E-state index is 14.1. The number of rotatable bonds is 8. The summed E-state index contributed by atoms with van der Waals surface area (Å²) in [4.78, 5) is 44.5. The zero-order valence-corrected chi connectivity index (χ0v) is 21.2. The van der Waals surface area contributed by atoms with E-state index in [2.05, 4.69) is 20.9 Å². The van der Waals surface area contributed by atoms with Gasteiger partial charge >= 0.3 is 0 Å². The first-order valence-electron chi connectivity index (χ1n) is 13.3. The number of fused-ring (bicyclic) bond motifs is 1. The van der Waals surface area contributed by atoms with E-state index in [0.29, 0.717) is 19.6 Å². The molecule has 2 saturated heterocycles. The second kappa shape index (κ2) is 12.0. The largest absolute Gasteiger partial charge is 0.350 e. The summed E-state index contributed by atoms with van der Waals surface area (Å²) in [6.45, 7) is 4.30. The molecule has 1 aromatic rings. The molecule has 1 aromatic carbocycles. The predicted molar refractivity (Wildman–Crippen MR) is 135 cm³/mol. The van der Waals surface area contributed by atoms with Gasteiger partial charge in [0.05, 0.1) is 6.04 Å². The highest BCUT2D eigenvalue weighted by atomic mass is 16.2. The second-order valence-corrected chi connectivity index (χ2v) is 10.4. The Morgan fingerprint density at radius 2 is 1.74 bits per heavy atom. The Hall–Kier alpha value is -2.45. The molecule has 8 heteroatoms. The summed E-state index contributed by atoms with van der Waals surface area (Å²) in [5.41, 5.74) is 1.03. The van der Waals surface area contributed by atoms with Crippen LogP contribution in [0, 0.1) is 5.92 Å². The van der Waals surface area contributed by atoms with E-state index in [1.165, 1.54) is 6.42 Å². The van der Waals surface area contributed by atoms with Crippen LogP contribution in [0.25, 0.3) is 0 Å². The fourth-order valence-electron chi connectivity index (χ4n) is 5.82. The topological polar surface area (TPSA) is 93.8 Å². The third-order valence-corrected chi connectivity index (χ3v) is 8.10. The highest BCUT2D eigenvalue weighted by Gasteiger charge is 2.45. The van der Waals surface area contributed by atoms with Crippen molar-refractivity contribution < 1.29 is 14.4 Å². The quantitative estimate of drug-likeness (QED) is 0.523. The fourth-order valence-corrected chi connectivity index (χ4v) is 5.82. The smallest absolute Gasteiger partial charge is 0.246 e. The molecule has 3 aliphatic rings. The standard InChI is InChI=1S/C27H41N5O3/c1-19(28-2)25(33)30-24(21-12-7-4-8-13-21)27(35)32-17-22-14-9-15-31(22)18-23(32)26(34)29-16-20-10-5-3-6-11-20/h3,5-6,10-11,19,21-24,28H,4,7-9,12-18H2,1-2H3,(H,29,34)(H,30,33)/t19-,22+,23-,24-/m0/s1. The molecule has 3 fully saturated rings. The molecular weight excluding hydrogens is 442 g/mol. The summed E-state index contributed by atoms with van der Waals surface area (Å²) in [7, 11) is 1.74. The average Bonchev–Trinajstić information content (AvgIpc) is 3.37. The molecule has 0 aromatic heterocycles. The molecule has 4 atom stereocenters. The van der Waals surface area contributed by atoms with Crippen LogP contribution in [0.4, 0.5) is 0 Å². The van der Waals surface area contributed by atoms with Crippen molar-refractivity contribution in [2.75, 3.05) is 26.7 Å². The number of carbonyl (C=O) groups is 3. The van der Waals surface area contributed by atoms with Gasteiger partial charge < -0.3 is 20.9 Å². The van der Waals surface area contributed by atoms with Crippen molar-refractivity contribution in [2.24, 2.45) is 5.92 Å². The van der Waals surface area contributed by atoms with E-state index in [1.807, 2.05) is 30.3 Å². The number of carbonyl (C=O) groups excluding carboxylic acids is 3. The van der Waals surface area contributed by atoms with E-state index in [1.54, 1.807) is 18.9 Å². The number of benzene rings is 1. The van der Waals surface area contributed by atoms with Crippen LogP contribution in [0.1, 0.15) is 57.4 Å². The summed E-state index contributed by atoms with van der Waals surface area (Å²) in [5, 5.41) is 9.11. The van der Waals surface area contributed by atoms with Gasteiger partial charge in [0.15, 0.2) is 0 Å². The minimum Gasteiger partial charge on any atom is -0.350 e. The molecule has 4 rings (SSSR count). The Kier molecular flexibility index (Phi) is 8.78. The highest BCUT2D eigenvalue weighted by molar-refractivity contribution is 5.93. The van der Waals surface area contributed by atoms with Gasteiger partial charge in [0, 0.05) is 25.7 Å². The van der Waals surface area contributed by atoms with E-state index in [9.17, 15) is 14.4 Å². The zero-order valence-electron chi connectivity index (χ0n) is 21.2. The fraction of sp³-hybridized carbons (Fsp3) is 0.667. The molecule has 0 bridgehead atoms. The molecule has 0 spiro atoms. The maximum Gasteiger partial charge on any atom is 0.246 e. The number of nitrogens with zero attached hydrogens (tertiary/aromatic N) is 2. The van der Waals surface area contributed by atoms with Crippen molar-refractivity contribution in [1.82, 2.24) is 25.8 Å². The van der Waals surface area contributed by atoms with Crippen LogP contribution in [-0.2, 0) is 20.9 Å². The summed E-state index contributed by atoms with van der Waals surface area (Å²) in [5.74, 6) is -0.273. The Morgan fingerprint density at radius 1 is 1.00 bits per heavy atom. The van der Waals surface area contributed by atoms with E-state index in [4.69, 9.17) is 0 Å². The first-order valence-corrected chi connectivity index (χ1v) is 13.3. The van der Waals surface area contributed by atoms with Crippen LogP contribution in [0.2, 0.25) is 0 Å². The molecule has 0 unspecified atom stereocenters. The SMILES string of the molecule is CN[C@@H](C)C(=O)N[C@H](C(=O)N1C[C@H]2CCCN2C[C@H]1C(=O)NCc1ccccc1)C1CCCCC1. The van der Waals surface area contributed by atoms with Crippen LogP contribution < -0.4 is 16.0 Å². The van der Waals surface area contributed by atoms with E-state index in [0.717, 1.165) is 50.6 Å². The maximum atomic E-state index is 14.1. The number of likely N-dealkylation sites (N-methyl/N-ethyl adjacent to an activating group) is 1. The molecule has 0 radical (unpaired) electrons. The highest BCUT2D eigenvalue weighted by Crippen LogP contribution is 2.30. The van der Waals surface area contributed by atoms with E-state index >= 15 is 0 Å². The molecule has 1 aliphatic carbocycles. The van der Waals surface area contributed by atoms with Crippen LogP contribution in [0.15, 0.2) is 30.3 Å². The first kappa shape index (κ1) is 25.6. The number of piperazine rings is 1. The van der Waals surface area contributed by atoms with Gasteiger partial charge in [-0.1, -0.05) is 49.6 Å². The van der Waals surface area contributed by atoms with Crippen LogP contribution in [-0.4, -0.2) is 78.4 Å². The van der Waals surface area contributed by atoms with Gasteiger partial charge in [-0.2, -0.15) is 0 Å².